The number of carbonyl (C=O) groups is 2. The van der Waals surface area contributed by atoms with Gasteiger partial charge >= 0.3 is 11.9 Å². The van der Waals surface area contributed by atoms with E-state index in [4.69, 9.17) is 10.2 Å². The van der Waals surface area contributed by atoms with Gasteiger partial charge in [0.25, 0.3) is 12.6 Å². The van der Waals surface area contributed by atoms with Gasteiger partial charge in [0.2, 0.25) is 0 Å². The second kappa shape index (κ2) is 5.46. The molecule has 0 aliphatic carbocycles. The van der Waals surface area contributed by atoms with Crippen molar-refractivity contribution in [1.82, 2.24) is 0 Å². The highest BCUT2D eigenvalue weighted by molar-refractivity contribution is 5.73. The monoisotopic (exact) mass is 194 g/mol. The molecular formula is C6H10O7. The Morgan fingerprint density at radius 3 is 1.46 bits per heavy atom. The van der Waals surface area contributed by atoms with Gasteiger partial charge in [-0.15, -0.1) is 0 Å². The van der Waals surface area contributed by atoms with Crippen molar-refractivity contribution >= 4 is 11.9 Å². The number of hydrogen-bond donors (Lipinski definition) is 2. The summed E-state index contributed by atoms with van der Waals surface area (Å²) < 4.78 is 13.1. The van der Waals surface area contributed by atoms with Crippen LogP contribution < -0.4 is 0 Å². The van der Waals surface area contributed by atoms with Crippen LogP contribution in [-0.4, -0.2) is 49.0 Å². The largest absolute Gasteiger partial charge is 0.477 e. The average Bonchev–Trinajstić information content (AvgIpc) is 2.05. The fourth-order valence-electron chi connectivity index (χ4n) is 0.541. The molecule has 0 aromatic heterocycles. The highest BCUT2D eigenvalue weighted by atomic mass is 16.8. The summed E-state index contributed by atoms with van der Waals surface area (Å²) in [6.07, 6.45) is -3.30. The zero-order chi connectivity index (χ0) is 10.4. The fraction of sp³-hybridized carbons (Fsp3) is 0.667. The predicted molar refractivity (Wildman–Crippen MR) is 38.0 cm³/mol. The minimum absolute atomic E-state index is 1.08. The first-order chi connectivity index (χ1) is 6.02. The van der Waals surface area contributed by atoms with E-state index in [0.717, 1.165) is 14.2 Å². The van der Waals surface area contributed by atoms with Crippen LogP contribution in [0.4, 0.5) is 0 Å². The Hall–Kier alpha value is -1.18. The molecule has 0 aliphatic rings. The molecule has 0 aliphatic heterocycles. The summed E-state index contributed by atoms with van der Waals surface area (Å²) in [5.41, 5.74) is 0. The highest BCUT2D eigenvalue weighted by Crippen LogP contribution is 2.01. The number of aliphatic carboxylic acids is 2. The molecule has 0 radical (unpaired) electrons. The number of carboxylic acid groups (broad SMARTS) is 2. The molecule has 7 nitrogen and oxygen atoms in total. The molecule has 0 saturated heterocycles. The lowest BCUT2D eigenvalue weighted by atomic mass is 10.6. The summed E-state index contributed by atoms with van der Waals surface area (Å²) >= 11 is 0. The van der Waals surface area contributed by atoms with E-state index in [2.05, 4.69) is 14.2 Å². The molecular weight excluding hydrogens is 184 g/mol. The minimum atomic E-state index is -1.65. The van der Waals surface area contributed by atoms with Crippen LogP contribution in [0.3, 0.4) is 0 Å². The van der Waals surface area contributed by atoms with Crippen molar-refractivity contribution in [3.05, 3.63) is 0 Å². The average molecular weight is 194 g/mol. The third kappa shape index (κ3) is 3.83. The van der Waals surface area contributed by atoms with Crippen LogP contribution in [0.25, 0.3) is 0 Å². The molecule has 2 unspecified atom stereocenters. The molecule has 0 rings (SSSR count). The first-order valence-corrected chi connectivity index (χ1v) is 3.19. The second-order valence-corrected chi connectivity index (χ2v) is 1.95. The van der Waals surface area contributed by atoms with Gasteiger partial charge in [-0.2, -0.15) is 0 Å². The Morgan fingerprint density at radius 2 is 1.31 bits per heavy atom. The van der Waals surface area contributed by atoms with E-state index >= 15 is 0 Å². The number of rotatable bonds is 6. The van der Waals surface area contributed by atoms with E-state index in [9.17, 15) is 9.59 Å². The third-order valence-corrected chi connectivity index (χ3v) is 1.08. The smallest absolute Gasteiger partial charge is 0.361 e. The maximum atomic E-state index is 10.3. The van der Waals surface area contributed by atoms with Crippen molar-refractivity contribution in [2.75, 3.05) is 14.2 Å². The number of carboxylic acids is 2. The molecule has 0 aromatic rings. The van der Waals surface area contributed by atoms with Crippen molar-refractivity contribution in [3.63, 3.8) is 0 Å². The lowest BCUT2D eigenvalue weighted by molar-refractivity contribution is -0.239. The number of ether oxygens (including phenoxy) is 3. The lowest BCUT2D eigenvalue weighted by Crippen LogP contribution is -2.36. The summed E-state index contributed by atoms with van der Waals surface area (Å²) in [6.45, 7) is 0. The number of hydrogen-bond acceptors (Lipinski definition) is 5. The van der Waals surface area contributed by atoms with Crippen LogP contribution in [-0.2, 0) is 23.8 Å². The molecule has 0 amide bonds. The van der Waals surface area contributed by atoms with Crippen LogP contribution in [0.1, 0.15) is 0 Å². The van der Waals surface area contributed by atoms with Crippen molar-refractivity contribution in [2.45, 2.75) is 12.6 Å². The molecule has 0 spiro atoms. The molecule has 13 heavy (non-hydrogen) atoms. The van der Waals surface area contributed by atoms with Crippen molar-refractivity contribution in [3.8, 4) is 0 Å². The van der Waals surface area contributed by atoms with E-state index in [-0.39, 0.29) is 0 Å². The van der Waals surface area contributed by atoms with Crippen LogP contribution in [0.5, 0.6) is 0 Å². The van der Waals surface area contributed by atoms with Gasteiger partial charge < -0.3 is 24.4 Å². The lowest BCUT2D eigenvalue weighted by Gasteiger charge is -2.16. The van der Waals surface area contributed by atoms with Crippen LogP contribution >= 0.6 is 0 Å². The topological polar surface area (TPSA) is 102 Å². The van der Waals surface area contributed by atoms with E-state index in [1.54, 1.807) is 0 Å². The summed E-state index contributed by atoms with van der Waals surface area (Å²) in [5, 5.41) is 16.8. The van der Waals surface area contributed by atoms with E-state index in [1.807, 2.05) is 0 Å². The molecule has 2 N–H and O–H groups in total. The van der Waals surface area contributed by atoms with Gasteiger partial charge in [-0.25, -0.2) is 9.59 Å². The van der Waals surface area contributed by atoms with Crippen molar-refractivity contribution < 1.29 is 34.0 Å². The maximum Gasteiger partial charge on any atom is 0.361 e. The standard InChI is InChI=1S/C6H10O7/c1-11-5(3(7)8)13-6(12-2)4(9)10/h5-6H,1-2H3,(H,7,8)(H,9,10). The Morgan fingerprint density at radius 1 is 1.00 bits per heavy atom. The summed E-state index contributed by atoms with van der Waals surface area (Å²) in [4.78, 5) is 20.6. The highest BCUT2D eigenvalue weighted by Gasteiger charge is 2.26. The zero-order valence-corrected chi connectivity index (χ0v) is 7.09. The molecule has 76 valence electrons. The molecule has 0 bridgehead atoms. The minimum Gasteiger partial charge on any atom is -0.477 e. The summed E-state index contributed by atoms with van der Waals surface area (Å²) in [7, 11) is 2.15. The van der Waals surface area contributed by atoms with E-state index in [0.29, 0.717) is 0 Å². The van der Waals surface area contributed by atoms with Gasteiger partial charge in [-0.3, -0.25) is 0 Å². The van der Waals surface area contributed by atoms with Gasteiger partial charge in [0.15, 0.2) is 0 Å². The van der Waals surface area contributed by atoms with Gasteiger partial charge in [-0.1, -0.05) is 0 Å². The Bertz CT molecular complexity index is 169. The van der Waals surface area contributed by atoms with Crippen LogP contribution in [0.2, 0.25) is 0 Å². The van der Waals surface area contributed by atoms with Gasteiger partial charge in [0.05, 0.1) is 0 Å². The molecule has 0 heterocycles. The molecule has 0 fully saturated rings. The van der Waals surface area contributed by atoms with Crippen LogP contribution in [0.15, 0.2) is 0 Å². The molecule has 7 heteroatoms. The summed E-state index contributed by atoms with van der Waals surface area (Å²) in [6, 6.07) is 0. The Labute approximate surface area is 73.8 Å². The predicted octanol–water partition coefficient (Wildman–Crippen LogP) is -0.883. The van der Waals surface area contributed by atoms with Gasteiger partial charge in [-0.05, 0) is 0 Å². The SMILES string of the molecule is COC(OC(OC)C(=O)O)C(=O)O. The first-order valence-electron chi connectivity index (χ1n) is 3.19. The molecule has 2 atom stereocenters. The summed E-state index contributed by atoms with van der Waals surface area (Å²) in [5.74, 6) is -2.85. The normalized spacial score (nSPS) is 14.9. The number of methoxy groups -OCH3 is 2. The Balaban J connectivity index is 4.19. The third-order valence-electron chi connectivity index (χ3n) is 1.08. The molecule has 0 saturated carbocycles. The van der Waals surface area contributed by atoms with Gasteiger partial charge in [0.1, 0.15) is 0 Å². The Kier molecular flexibility index (Phi) is 4.97. The first kappa shape index (κ1) is 11.8. The molecule has 0 aromatic carbocycles. The quantitative estimate of drug-likeness (QED) is 0.529. The second-order valence-electron chi connectivity index (χ2n) is 1.95. The van der Waals surface area contributed by atoms with Crippen molar-refractivity contribution in [2.24, 2.45) is 0 Å². The van der Waals surface area contributed by atoms with E-state index < -0.39 is 24.5 Å². The maximum absolute atomic E-state index is 10.3. The zero-order valence-electron chi connectivity index (χ0n) is 7.09. The van der Waals surface area contributed by atoms with Crippen LogP contribution in [0, 0.1) is 0 Å². The fourth-order valence-corrected chi connectivity index (χ4v) is 0.541. The van der Waals surface area contributed by atoms with Gasteiger partial charge in [0, 0.05) is 14.2 Å². The van der Waals surface area contributed by atoms with Crippen molar-refractivity contribution in [1.29, 1.82) is 0 Å². The van der Waals surface area contributed by atoms with E-state index in [1.165, 1.54) is 0 Å².